The van der Waals surface area contributed by atoms with Crippen molar-refractivity contribution < 1.29 is 32.5 Å². The Balaban J connectivity index is 3.27. The molecule has 152 valence electrons. The number of nitro benzene ring substituents is 1. The summed E-state index contributed by atoms with van der Waals surface area (Å²) in [6, 6.07) is 2.91. The molecule has 1 rings (SSSR count). The molecule has 11 heteroatoms. The molecule has 0 aliphatic carbocycles. The number of benzene rings is 1. The standard InChI is InChI=1S/C16H24N2O8S/c1-16(2,3)26-15(20)11-17(8-4-5-9-19)13-7-6-12(27(23,24)25)10-14(13)18(21)22/h6-7,10,19H,4-5,8-9,11H2,1-3H3,(H,23,24,25). The highest BCUT2D eigenvalue weighted by Gasteiger charge is 2.26. The van der Waals surface area contributed by atoms with E-state index in [0.717, 1.165) is 18.2 Å². The average Bonchev–Trinajstić information content (AvgIpc) is 2.50. The van der Waals surface area contributed by atoms with Crippen molar-refractivity contribution in [2.24, 2.45) is 0 Å². The van der Waals surface area contributed by atoms with Crippen molar-refractivity contribution in [2.45, 2.75) is 44.1 Å². The molecule has 0 amide bonds. The van der Waals surface area contributed by atoms with Crippen LogP contribution in [0.25, 0.3) is 0 Å². The number of hydrogen-bond donors (Lipinski definition) is 2. The van der Waals surface area contributed by atoms with Crippen LogP contribution >= 0.6 is 0 Å². The SMILES string of the molecule is CC(C)(C)OC(=O)CN(CCCCO)c1ccc(S(=O)(=O)O)cc1[N+](=O)[O-]. The van der Waals surface area contributed by atoms with Gasteiger partial charge >= 0.3 is 5.97 Å². The number of rotatable bonds is 9. The van der Waals surface area contributed by atoms with E-state index in [2.05, 4.69) is 0 Å². The summed E-state index contributed by atoms with van der Waals surface area (Å²) in [5.74, 6) is -0.611. The van der Waals surface area contributed by atoms with Gasteiger partial charge in [0.05, 0.1) is 4.92 Å². The normalized spacial score (nSPS) is 11.9. The van der Waals surface area contributed by atoms with Crippen molar-refractivity contribution in [3.05, 3.63) is 28.3 Å². The van der Waals surface area contributed by atoms with Gasteiger partial charge in [-0.15, -0.1) is 0 Å². The van der Waals surface area contributed by atoms with Crippen molar-refractivity contribution in [1.82, 2.24) is 0 Å². The van der Waals surface area contributed by atoms with Gasteiger partial charge in [0.2, 0.25) is 0 Å². The molecule has 1 aromatic carbocycles. The van der Waals surface area contributed by atoms with Gasteiger partial charge in [-0.2, -0.15) is 8.42 Å². The minimum absolute atomic E-state index is 0.0104. The van der Waals surface area contributed by atoms with E-state index in [1.807, 2.05) is 0 Å². The smallest absolute Gasteiger partial charge is 0.326 e. The molecule has 0 fully saturated rings. The maximum absolute atomic E-state index is 12.2. The fourth-order valence-corrected chi connectivity index (χ4v) is 2.81. The van der Waals surface area contributed by atoms with E-state index in [0.29, 0.717) is 12.8 Å². The Kier molecular flexibility index (Phi) is 7.69. The van der Waals surface area contributed by atoms with Gasteiger partial charge in [0.1, 0.15) is 22.7 Å². The summed E-state index contributed by atoms with van der Waals surface area (Å²) in [4.78, 5) is 23.5. The van der Waals surface area contributed by atoms with Gasteiger partial charge in [-0.05, 0) is 45.7 Å². The maximum atomic E-state index is 12.2. The number of aliphatic hydroxyl groups is 1. The molecule has 10 nitrogen and oxygen atoms in total. The van der Waals surface area contributed by atoms with Crippen molar-refractivity contribution in [3.8, 4) is 0 Å². The fourth-order valence-electron chi connectivity index (χ4n) is 2.31. The molecule has 0 spiro atoms. The zero-order chi connectivity index (χ0) is 20.8. The number of hydrogen-bond acceptors (Lipinski definition) is 8. The van der Waals surface area contributed by atoms with E-state index < -0.39 is 37.2 Å². The first-order valence-electron chi connectivity index (χ1n) is 8.19. The van der Waals surface area contributed by atoms with E-state index >= 15 is 0 Å². The third kappa shape index (κ3) is 7.49. The van der Waals surface area contributed by atoms with E-state index in [1.54, 1.807) is 20.8 Å². The summed E-state index contributed by atoms with van der Waals surface area (Å²) in [7, 11) is -4.62. The number of unbranched alkanes of at least 4 members (excludes halogenated alkanes) is 1. The first kappa shape index (κ1) is 22.8. The van der Waals surface area contributed by atoms with Crippen LogP contribution in [0.3, 0.4) is 0 Å². The van der Waals surface area contributed by atoms with Crippen molar-refractivity contribution in [2.75, 3.05) is 24.6 Å². The molecular weight excluding hydrogens is 380 g/mol. The van der Waals surface area contributed by atoms with E-state index in [9.17, 15) is 23.3 Å². The summed E-state index contributed by atoms with van der Waals surface area (Å²) in [5.41, 5.74) is -1.30. The molecule has 0 unspecified atom stereocenters. The largest absolute Gasteiger partial charge is 0.459 e. The number of ether oxygens (including phenoxy) is 1. The van der Waals surface area contributed by atoms with Crippen LogP contribution in [0.15, 0.2) is 23.1 Å². The lowest BCUT2D eigenvalue weighted by atomic mass is 10.2. The molecule has 0 saturated carbocycles. The van der Waals surface area contributed by atoms with Gasteiger partial charge in [-0.3, -0.25) is 19.5 Å². The average molecular weight is 404 g/mol. The van der Waals surface area contributed by atoms with Gasteiger partial charge in [0, 0.05) is 19.2 Å². The Bertz CT molecular complexity index is 786. The summed E-state index contributed by atoms with van der Waals surface area (Å²) in [5, 5.41) is 20.3. The molecular formula is C16H24N2O8S. The Hall–Kier alpha value is -2.24. The van der Waals surface area contributed by atoms with Gasteiger partial charge in [-0.25, -0.2) is 0 Å². The van der Waals surface area contributed by atoms with Gasteiger partial charge in [-0.1, -0.05) is 0 Å². The zero-order valence-electron chi connectivity index (χ0n) is 15.4. The first-order chi connectivity index (χ1) is 12.3. The summed E-state index contributed by atoms with van der Waals surface area (Å²) < 4.78 is 36.8. The predicted molar refractivity (Wildman–Crippen MR) is 97.3 cm³/mol. The number of anilines is 1. The Labute approximate surface area is 157 Å². The van der Waals surface area contributed by atoms with E-state index in [-0.39, 0.29) is 25.4 Å². The number of carbonyl (C=O) groups is 1. The van der Waals surface area contributed by atoms with Crippen LogP contribution in [-0.4, -0.2) is 54.3 Å². The van der Waals surface area contributed by atoms with Crippen molar-refractivity contribution >= 4 is 27.5 Å². The topological polar surface area (TPSA) is 147 Å². The lowest BCUT2D eigenvalue weighted by Gasteiger charge is -2.26. The number of nitro groups is 1. The van der Waals surface area contributed by atoms with Crippen molar-refractivity contribution in [3.63, 3.8) is 0 Å². The Morgan fingerprint density at radius 2 is 1.93 bits per heavy atom. The zero-order valence-corrected chi connectivity index (χ0v) is 16.2. The second-order valence-electron chi connectivity index (χ2n) is 6.82. The van der Waals surface area contributed by atoms with Crippen LogP contribution in [0.4, 0.5) is 11.4 Å². The molecule has 0 saturated heterocycles. The molecule has 1 aromatic rings. The van der Waals surface area contributed by atoms with Crippen LogP contribution in [0.1, 0.15) is 33.6 Å². The van der Waals surface area contributed by atoms with Crippen LogP contribution in [0, 0.1) is 10.1 Å². The number of aliphatic hydroxyl groups excluding tert-OH is 1. The number of nitrogens with zero attached hydrogens (tertiary/aromatic N) is 2. The molecule has 0 aliphatic heterocycles. The molecule has 2 N–H and O–H groups in total. The van der Waals surface area contributed by atoms with Crippen LogP contribution < -0.4 is 4.90 Å². The summed E-state index contributed by atoms with van der Waals surface area (Å²) >= 11 is 0. The second-order valence-corrected chi connectivity index (χ2v) is 8.24. The lowest BCUT2D eigenvalue weighted by Crippen LogP contribution is -2.36. The fraction of sp³-hybridized carbons (Fsp3) is 0.562. The van der Waals surface area contributed by atoms with Gasteiger partial charge in [0.25, 0.3) is 15.8 Å². The minimum Gasteiger partial charge on any atom is -0.459 e. The van der Waals surface area contributed by atoms with Gasteiger partial charge < -0.3 is 14.7 Å². The monoisotopic (exact) mass is 404 g/mol. The molecule has 0 bridgehead atoms. The molecule has 0 atom stereocenters. The van der Waals surface area contributed by atoms with Crippen LogP contribution in [-0.2, 0) is 19.6 Å². The molecule has 0 heterocycles. The second kappa shape index (κ2) is 9.11. The van der Waals surface area contributed by atoms with Gasteiger partial charge in [0.15, 0.2) is 0 Å². The molecule has 27 heavy (non-hydrogen) atoms. The molecule has 0 aromatic heterocycles. The molecule has 0 aliphatic rings. The third-order valence-corrected chi connectivity index (χ3v) is 4.21. The third-order valence-electron chi connectivity index (χ3n) is 3.36. The lowest BCUT2D eigenvalue weighted by molar-refractivity contribution is -0.384. The Morgan fingerprint density at radius 3 is 2.41 bits per heavy atom. The quantitative estimate of drug-likeness (QED) is 0.206. The van der Waals surface area contributed by atoms with E-state index in [4.69, 9.17) is 14.4 Å². The maximum Gasteiger partial charge on any atom is 0.326 e. The van der Waals surface area contributed by atoms with Crippen LogP contribution in [0.2, 0.25) is 0 Å². The first-order valence-corrected chi connectivity index (χ1v) is 9.63. The number of carbonyl (C=O) groups excluding carboxylic acids is 1. The highest BCUT2D eigenvalue weighted by molar-refractivity contribution is 7.85. The van der Waals surface area contributed by atoms with Crippen molar-refractivity contribution in [1.29, 1.82) is 0 Å². The highest BCUT2D eigenvalue weighted by atomic mass is 32.2. The molecule has 0 radical (unpaired) electrons. The minimum atomic E-state index is -4.62. The Morgan fingerprint density at radius 1 is 1.30 bits per heavy atom. The number of esters is 1. The van der Waals surface area contributed by atoms with Crippen LogP contribution in [0.5, 0.6) is 0 Å². The predicted octanol–water partition coefficient (Wildman–Crippen LogP) is 1.76. The summed E-state index contributed by atoms with van der Waals surface area (Å²) in [6.07, 6.45) is 0.859. The highest BCUT2D eigenvalue weighted by Crippen LogP contribution is 2.31. The van der Waals surface area contributed by atoms with E-state index in [1.165, 1.54) is 4.90 Å². The summed E-state index contributed by atoms with van der Waals surface area (Å²) in [6.45, 7) is 4.88.